The van der Waals surface area contributed by atoms with Gasteiger partial charge in [-0.25, -0.2) is 0 Å². The van der Waals surface area contributed by atoms with Crippen molar-refractivity contribution in [1.29, 1.82) is 0 Å². The van der Waals surface area contributed by atoms with Gasteiger partial charge in [-0.15, -0.1) is 0 Å². The summed E-state index contributed by atoms with van der Waals surface area (Å²) >= 11 is 6.21. The molecule has 1 aliphatic heterocycles. The Kier molecular flexibility index (Phi) is 3.01. The monoisotopic (exact) mass is 251 g/mol. The van der Waals surface area contributed by atoms with Crippen LogP contribution in [0.25, 0.3) is 0 Å². The number of nitrogens with one attached hydrogen (secondary N) is 1. The van der Waals surface area contributed by atoms with E-state index in [0.717, 1.165) is 36.3 Å². The van der Waals surface area contributed by atoms with E-state index in [1.54, 1.807) is 0 Å². The van der Waals surface area contributed by atoms with E-state index < -0.39 is 0 Å². The van der Waals surface area contributed by atoms with Crippen LogP contribution in [0.4, 0.5) is 0 Å². The molecule has 2 nitrogen and oxygen atoms in total. The molecule has 3 heteroatoms. The van der Waals surface area contributed by atoms with Crippen LogP contribution in [-0.2, 0) is 6.42 Å². The van der Waals surface area contributed by atoms with Gasteiger partial charge in [-0.1, -0.05) is 18.5 Å². The summed E-state index contributed by atoms with van der Waals surface area (Å²) in [5.74, 6) is 1.86. The summed E-state index contributed by atoms with van der Waals surface area (Å²) in [6, 6.07) is 4.55. The summed E-state index contributed by atoms with van der Waals surface area (Å²) in [5, 5.41) is 4.42. The molecule has 1 atom stereocenters. The second-order valence-electron chi connectivity index (χ2n) is 4.95. The molecule has 0 amide bonds. The van der Waals surface area contributed by atoms with Crippen molar-refractivity contribution >= 4 is 11.6 Å². The first kappa shape index (κ1) is 11.4. The predicted octanol–water partition coefficient (Wildman–Crippen LogP) is 3.34. The van der Waals surface area contributed by atoms with Crippen molar-refractivity contribution in [2.24, 2.45) is 5.92 Å². The smallest absolute Gasteiger partial charge is 0.127 e. The Hall–Kier alpha value is -0.730. The van der Waals surface area contributed by atoms with Crippen molar-refractivity contribution in [3.05, 3.63) is 28.3 Å². The quantitative estimate of drug-likeness (QED) is 0.886. The summed E-state index contributed by atoms with van der Waals surface area (Å²) in [6.45, 7) is 3.94. The minimum Gasteiger partial charge on any atom is -0.493 e. The molecule has 0 saturated heterocycles. The van der Waals surface area contributed by atoms with Crippen molar-refractivity contribution in [3.8, 4) is 5.75 Å². The summed E-state index contributed by atoms with van der Waals surface area (Å²) in [6.07, 6.45) is 3.63. The van der Waals surface area contributed by atoms with Gasteiger partial charge in [-0.3, -0.25) is 0 Å². The maximum absolute atomic E-state index is 6.21. The summed E-state index contributed by atoms with van der Waals surface area (Å²) in [4.78, 5) is 0. The van der Waals surface area contributed by atoms with E-state index in [1.165, 1.54) is 24.0 Å². The molecule has 2 aliphatic rings. The lowest BCUT2D eigenvalue weighted by Crippen LogP contribution is -2.23. The number of hydrogen-bond acceptors (Lipinski definition) is 2. The Morgan fingerprint density at radius 3 is 3.00 bits per heavy atom. The van der Waals surface area contributed by atoms with Crippen molar-refractivity contribution in [2.75, 3.05) is 13.2 Å². The number of hydrogen-bond donors (Lipinski definition) is 1. The van der Waals surface area contributed by atoms with Gasteiger partial charge in [-0.2, -0.15) is 0 Å². The maximum Gasteiger partial charge on any atom is 0.127 e. The second-order valence-corrected chi connectivity index (χ2v) is 5.39. The molecule has 0 radical (unpaired) electrons. The van der Waals surface area contributed by atoms with Gasteiger partial charge in [0.1, 0.15) is 5.75 Å². The first-order chi connectivity index (χ1) is 8.29. The largest absolute Gasteiger partial charge is 0.493 e. The Balaban J connectivity index is 2.00. The van der Waals surface area contributed by atoms with E-state index in [9.17, 15) is 0 Å². The predicted molar refractivity (Wildman–Crippen MR) is 69.8 cm³/mol. The highest BCUT2D eigenvalue weighted by Crippen LogP contribution is 2.46. The molecule has 1 aliphatic carbocycles. The van der Waals surface area contributed by atoms with Crippen LogP contribution in [0.1, 0.15) is 36.9 Å². The van der Waals surface area contributed by atoms with Gasteiger partial charge >= 0.3 is 0 Å². The lowest BCUT2D eigenvalue weighted by Gasteiger charge is -2.20. The van der Waals surface area contributed by atoms with Gasteiger partial charge in [0.25, 0.3) is 0 Å². The average Bonchev–Trinajstić information content (AvgIpc) is 3.04. The van der Waals surface area contributed by atoms with E-state index in [-0.39, 0.29) is 0 Å². The van der Waals surface area contributed by atoms with Crippen LogP contribution in [0.15, 0.2) is 12.1 Å². The van der Waals surface area contributed by atoms with Gasteiger partial charge in [-0.05, 0) is 43.0 Å². The van der Waals surface area contributed by atoms with Crippen molar-refractivity contribution < 1.29 is 4.74 Å². The molecule has 1 heterocycles. The summed E-state index contributed by atoms with van der Waals surface area (Å²) in [7, 11) is 0. The fourth-order valence-corrected chi connectivity index (χ4v) is 2.96. The Labute approximate surface area is 107 Å². The fourth-order valence-electron chi connectivity index (χ4n) is 2.71. The number of fused-ring (bicyclic) bond motifs is 1. The normalized spacial score (nSPS) is 19.9. The highest BCUT2D eigenvalue weighted by atomic mass is 35.5. The van der Waals surface area contributed by atoms with E-state index >= 15 is 0 Å². The van der Waals surface area contributed by atoms with Gasteiger partial charge in [0.05, 0.1) is 6.61 Å². The molecule has 3 rings (SSSR count). The number of halogens is 1. The zero-order chi connectivity index (χ0) is 11.8. The molecule has 1 saturated carbocycles. The van der Waals surface area contributed by atoms with Crippen molar-refractivity contribution in [1.82, 2.24) is 5.32 Å². The first-order valence-electron chi connectivity index (χ1n) is 6.48. The van der Waals surface area contributed by atoms with Crippen LogP contribution in [0.2, 0.25) is 5.02 Å². The van der Waals surface area contributed by atoms with E-state index in [1.807, 2.05) is 6.07 Å². The van der Waals surface area contributed by atoms with E-state index in [4.69, 9.17) is 16.3 Å². The lowest BCUT2D eigenvalue weighted by atomic mass is 9.98. The van der Waals surface area contributed by atoms with Crippen molar-refractivity contribution in [2.45, 2.75) is 32.2 Å². The molecule has 0 aromatic heterocycles. The molecule has 1 aromatic rings. The summed E-state index contributed by atoms with van der Waals surface area (Å²) < 4.78 is 5.79. The molecule has 1 N–H and O–H groups in total. The molecule has 0 bridgehead atoms. The SMILES string of the molecule is CCNC(c1cc(Cl)cc2c1OCC2)C1CC1. The molecule has 1 aromatic carbocycles. The summed E-state index contributed by atoms with van der Waals surface area (Å²) in [5.41, 5.74) is 2.55. The Bertz CT molecular complexity index is 428. The zero-order valence-corrected chi connectivity index (χ0v) is 10.9. The topological polar surface area (TPSA) is 21.3 Å². The van der Waals surface area contributed by atoms with Crippen LogP contribution in [0.3, 0.4) is 0 Å². The first-order valence-corrected chi connectivity index (χ1v) is 6.86. The van der Waals surface area contributed by atoms with E-state index in [2.05, 4.69) is 18.3 Å². The Morgan fingerprint density at radius 1 is 1.47 bits per heavy atom. The second kappa shape index (κ2) is 4.51. The van der Waals surface area contributed by atoms with Crippen molar-refractivity contribution in [3.63, 3.8) is 0 Å². The number of rotatable bonds is 4. The molecule has 1 unspecified atom stereocenters. The fraction of sp³-hybridized carbons (Fsp3) is 0.571. The lowest BCUT2D eigenvalue weighted by molar-refractivity contribution is 0.345. The van der Waals surface area contributed by atoms with Crippen LogP contribution in [0, 0.1) is 5.92 Å². The number of benzene rings is 1. The molecule has 0 spiro atoms. The van der Waals surface area contributed by atoms with E-state index in [0.29, 0.717) is 6.04 Å². The van der Waals surface area contributed by atoms with Gasteiger partial charge < -0.3 is 10.1 Å². The Morgan fingerprint density at radius 2 is 2.29 bits per heavy atom. The molecular weight excluding hydrogens is 234 g/mol. The van der Waals surface area contributed by atoms with Gasteiger partial charge in [0, 0.05) is 23.0 Å². The minimum atomic E-state index is 0.422. The van der Waals surface area contributed by atoms with Gasteiger partial charge in [0.2, 0.25) is 0 Å². The highest BCUT2D eigenvalue weighted by Gasteiger charge is 2.35. The highest BCUT2D eigenvalue weighted by molar-refractivity contribution is 6.30. The van der Waals surface area contributed by atoms with Crippen LogP contribution < -0.4 is 10.1 Å². The zero-order valence-electron chi connectivity index (χ0n) is 10.1. The van der Waals surface area contributed by atoms with Crippen LogP contribution >= 0.6 is 11.6 Å². The maximum atomic E-state index is 6.21. The molecular formula is C14H18ClNO. The number of ether oxygens (including phenoxy) is 1. The molecule has 92 valence electrons. The standard InChI is InChI=1S/C14H18ClNO/c1-2-16-13(9-3-4-9)12-8-11(15)7-10-5-6-17-14(10)12/h7-9,13,16H,2-6H2,1H3. The third kappa shape index (κ3) is 2.16. The van der Waals surface area contributed by atoms with Crippen LogP contribution in [-0.4, -0.2) is 13.2 Å². The molecule has 1 fully saturated rings. The average molecular weight is 252 g/mol. The van der Waals surface area contributed by atoms with Crippen LogP contribution in [0.5, 0.6) is 5.75 Å². The third-order valence-electron chi connectivity index (χ3n) is 3.63. The van der Waals surface area contributed by atoms with Gasteiger partial charge in [0.15, 0.2) is 0 Å². The third-order valence-corrected chi connectivity index (χ3v) is 3.85. The minimum absolute atomic E-state index is 0.422. The molecule has 17 heavy (non-hydrogen) atoms.